The van der Waals surface area contributed by atoms with Gasteiger partial charge in [0.25, 0.3) is 0 Å². The summed E-state index contributed by atoms with van der Waals surface area (Å²) >= 11 is 0. The zero-order valence-electron chi connectivity index (χ0n) is 14.8. The predicted molar refractivity (Wildman–Crippen MR) is 95.3 cm³/mol. The molecule has 1 aromatic carbocycles. The van der Waals surface area contributed by atoms with E-state index in [0.29, 0.717) is 17.8 Å². The monoisotopic (exact) mass is 342 g/mol. The Balaban J connectivity index is 1.27. The minimum atomic E-state index is 0.638. The largest absolute Gasteiger partial charge is 0.497 e. The molecule has 0 radical (unpaired) electrons. The van der Waals surface area contributed by atoms with Crippen molar-refractivity contribution in [3.63, 3.8) is 0 Å². The summed E-state index contributed by atoms with van der Waals surface area (Å²) in [6.07, 6.45) is 5.23. The molecular weight excluding hydrogens is 316 g/mol. The van der Waals surface area contributed by atoms with Gasteiger partial charge in [0.15, 0.2) is 0 Å². The summed E-state index contributed by atoms with van der Waals surface area (Å²) in [5, 5.41) is 7.83. The first-order valence-electron chi connectivity index (χ1n) is 9.23. The van der Waals surface area contributed by atoms with Crippen molar-refractivity contribution in [1.82, 2.24) is 20.4 Å². The summed E-state index contributed by atoms with van der Waals surface area (Å²) in [5.41, 5.74) is 0.943. The van der Waals surface area contributed by atoms with Crippen LogP contribution in [0.15, 0.2) is 28.8 Å². The summed E-state index contributed by atoms with van der Waals surface area (Å²) in [7, 11) is 1.66. The van der Waals surface area contributed by atoms with E-state index in [4.69, 9.17) is 9.26 Å². The molecule has 2 aliphatic rings. The Morgan fingerprint density at radius 3 is 2.60 bits per heavy atom. The number of hydrogen-bond acceptors (Lipinski definition) is 6. The topological polar surface area (TPSA) is 63.4 Å². The molecule has 0 bridgehead atoms. The molecule has 0 spiro atoms. The Morgan fingerprint density at radius 2 is 1.92 bits per heavy atom. The number of ether oxygens (including phenoxy) is 1. The van der Waals surface area contributed by atoms with Gasteiger partial charge in [-0.3, -0.25) is 4.90 Å². The van der Waals surface area contributed by atoms with Crippen molar-refractivity contribution in [3.05, 3.63) is 30.2 Å². The Labute approximate surface area is 148 Å². The summed E-state index contributed by atoms with van der Waals surface area (Å²) in [6, 6.07) is 8.39. The lowest BCUT2D eigenvalue weighted by molar-refractivity contribution is 0.170. The lowest BCUT2D eigenvalue weighted by atomic mass is 10.0. The molecule has 134 valence electrons. The molecule has 2 aromatic rings. The van der Waals surface area contributed by atoms with E-state index in [1.165, 1.54) is 32.2 Å². The molecule has 1 aliphatic carbocycles. The smallest absolute Gasteiger partial charge is 0.241 e. The fourth-order valence-corrected chi connectivity index (χ4v) is 3.32. The van der Waals surface area contributed by atoms with Crippen molar-refractivity contribution >= 4 is 0 Å². The van der Waals surface area contributed by atoms with Crippen LogP contribution in [0.1, 0.15) is 31.6 Å². The number of nitrogens with one attached hydrogen (secondary N) is 1. The highest BCUT2D eigenvalue weighted by Crippen LogP contribution is 2.28. The molecule has 25 heavy (non-hydrogen) atoms. The predicted octanol–water partition coefficient (Wildman–Crippen LogP) is 2.71. The third-order valence-electron chi connectivity index (χ3n) is 5.15. The fourth-order valence-electron chi connectivity index (χ4n) is 3.32. The Bertz CT molecular complexity index is 673. The van der Waals surface area contributed by atoms with Crippen LogP contribution < -0.4 is 10.1 Å². The lowest BCUT2D eigenvalue weighted by Gasteiger charge is -2.31. The first-order valence-corrected chi connectivity index (χ1v) is 9.23. The first-order chi connectivity index (χ1) is 12.3. The summed E-state index contributed by atoms with van der Waals surface area (Å²) in [5.74, 6) is 3.10. The maximum atomic E-state index is 5.44. The van der Waals surface area contributed by atoms with E-state index in [9.17, 15) is 0 Å². The van der Waals surface area contributed by atoms with Gasteiger partial charge in [-0.25, -0.2) is 0 Å². The third kappa shape index (κ3) is 4.38. The van der Waals surface area contributed by atoms with Crippen LogP contribution >= 0.6 is 0 Å². The van der Waals surface area contributed by atoms with Crippen molar-refractivity contribution in [2.24, 2.45) is 5.92 Å². The lowest BCUT2D eigenvalue weighted by Crippen LogP contribution is -2.42. The average molecular weight is 342 g/mol. The highest BCUT2D eigenvalue weighted by atomic mass is 16.5. The van der Waals surface area contributed by atoms with E-state index >= 15 is 0 Å². The normalized spacial score (nSPS) is 19.2. The van der Waals surface area contributed by atoms with Crippen LogP contribution in [0.4, 0.5) is 0 Å². The van der Waals surface area contributed by atoms with Gasteiger partial charge in [0.2, 0.25) is 11.7 Å². The zero-order chi connectivity index (χ0) is 17.1. The van der Waals surface area contributed by atoms with Crippen LogP contribution in [-0.4, -0.2) is 47.8 Å². The second-order valence-electron chi connectivity index (χ2n) is 7.14. The van der Waals surface area contributed by atoms with Gasteiger partial charge in [-0.1, -0.05) is 5.16 Å². The number of benzene rings is 1. The molecule has 0 amide bonds. The minimum absolute atomic E-state index is 0.638. The van der Waals surface area contributed by atoms with E-state index in [2.05, 4.69) is 20.4 Å². The number of methoxy groups -OCH3 is 1. The van der Waals surface area contributed by atoms with Crippen LogP contribution in [0, 0.1) is 5.92 Å². The van der Waals surface area contributed by atoms with Crippen molar-refractivity contribution in [3.8, 4) is 17.1 Å². The van der Waals surface area contributed by atoms with Gasteiger partial charge in [-0.2, -0.15) is 4.98 Å². The van der Waals surface area contributed by atoms with E-state index in [1.54, 1.807) is 7.11 Å². The summed E-state index contributed by atoms with van der Waals surface area (Å²) < 4.78 is 10.6. The average Bonchev–Trinajstić information content (AvgIpc) is 3.38. The second kappa shape index (κ2) is 7.54. The maximum Gasteiger partial charge on any atom is 0.241 e. The van der Waals surface area contributed by atoms with E-state index in [1.807, 2.05) is 24.3 Å². The molecule has 4 rings (SSSR count). The van der Waals surface area contributed by atoms with Gasteiger partial charge >= 0.3 is 0 Å². The number of rotatable bonds is 7. The number of aromatic nitrogens is 2. The minimum Gasteiger partial charge on any atom is -0.497 e. The van der Waals surface area contributed by atoms with Crippen LogP contribution in [-0.2, 0) is 6.54 Å². The van der Waals surface area contributed by atoms with Crippen molar-refractivity contribution in [2.45, 2.75) is 38.3 Å². The van der Waals surface area contributed by atoms with E-state index in [-0.39, 0.29) is 0 Å². The molecule has 2 fully saturated rings. The molecule has 1 aliphatic heterocycles. The Morgan fingerprint density at radius 1 is 1.16 bits per heavy atom. The first kappa shape index (κ1) is 16.5. The third-order valence-corrected chi connectivity index (χ3v) is 5.15. The maximum absolute atomic E-state index is 5.44. The summed E-state index contributed by atoms with van der Waals surface area (Å²) in [4.78, 5) is 6.94. The molecule has 6 nitrogen and oxygen atoms in total. The number of hydrogen-bond donors (Lipinski definition) is 1. The molecule has 2 heterocycles. The van der Waals surface area contributed by atoms with Crippen molar-refractivity contribution in [1.29, 1.82) is 0 Å². The van der Waals surface area contributed by atoms with Gasteiger partial charge in [-0.05, 0) is 62.4 Å². The van der Waals surface area contributed by atoms with E-state index in [0.717, 1.165) is 36.9 Å². The Kier molecular flexibility index (Phi) is 4.99. The summed E-state index contributed by atoms with van der Waals surface area (Å²) in [6.45, 7) is 4.11. The quantitative estimate of drug-likeness (QED) is 0.835. The molecule has 0 atom stereocenters. The van der Waals surface area contributed by atoms with Gasteiger partial charge < -0.3 is 14.6 Å². The molecule has 1 aromatic heterocycles. The molecule has 1 saturated heterocycles. The van der Waals surface area contributed by atoms with Gasteiger partial charge in [0.1, 0.15) is 5.75 Å². The molecule has 0 unspecified atom stereocenters. The molecular formula is C19H26N4O2. The Hall–Kier alpha value is -1.92. The standard InChI is InChI=1S/C19H26N4O2/c1-24-17-6-4-15(5-7-17)19-21-18(25-22-19)13-23-10-8-16(9-11-23)20-12-14-2-3-14/h4-7,14,16,20H,2-3,8-13H2,1H3. The van der Waals surface area contributed by atoms with Crippen LogP contribution in [0.3, 0.4) is 0 Å². The van der Waals surface area contributed by atoms with Crippen LogP contribution in [0.5, 0.6) is 5.75 Å². The second-order valence-corrected chi connectivity index (χ2v) is 7.14. The molecule has 1 N–H and O–H groups in total. The molecule has 6 heteroatoms. The fraction of sp³-hybridized carbons (Fsp3) is 0.579. The number of likely N-dealkylation sites (tertiary alicyclic amines) is 1. The van der Waals surface area contributed by atoms with Crippen LogP contribution in [0.25, 0.3) is 11.4 Å². The highest BCUT2D eigenvalue weighted by molar-refractivity contribution is 5.55. The van der Waals surface area contributed by atoms with Gasteiger partial charge in [0.05, 0.1) is 13.7 Å². The van der Waals surface area contributed by atoms with Gasteiger partial charge in [0, 0.05) is 24.7 Å². The zero-order valence-corrected chi connectivity index (χ0v) is 14.8. The van der Waals surface area contributed by atoms with E-state index < -0.39 is 0 Å². The van der Waals surface area contributed by atoms with Crippen LogP contribution in [0.2, 0.25) is 0 Å². The molecule has 1 saturated carbocycles. The highest BCUT2D eigenvalue weighted by Gasteiger charge is 2.25. The number of nitrogens with zero attached hydrogens (tertiary/aromatic N) is 3. The number of piperidine rings is 1. The van der Waals surface area contributed by atoms with Crippen molar-refractivity contribution < 1.29 is 9.26 Å². The van der Waals surface area contributed by atoms with Gasteiger partial charge in [-0.15, -0.1) is 0 Å². The SMILES string of the molecule is COc1ccc(-c2noc(CN3CCC(NCC4CC4)CC3)n2)cc1. The van der Waals surface area contributed by atoms with Crippen molar-refractivity contribution in [2.75, 3.05) is 26.7 Å².